The Bertz CT molecular complexity index is 751. The molecular formula is C25H46N4O8. The lowest BCUT2D eigenvalue weighted by Gasteiger charge is -2.18. The highest BCUT2D eigenvalue weighted by molar-refractivity contribution is 5.86. The van der Waals surface area contributed by atoms with Crippen molar-refractivity contribution in [2.24, 2.45) is 5.92 Å². The van der Waals surface area contributed by atoms with Crippen molar-refractivity contribution in [2.75, 3.05) is 6.54 Å². The third kappa shape index (κ3) is 22.6. The molecule has 0 aromatic rings. The summed E-state index contributed by atoms with van der Waals surface area (Å²) >= 11 is 0. The summed E-state index contributed by atoms with van der Waals surface area (Å²) in [5.74, 6) is -3.61. The van der Waals surface area contributed by atoms with Crippen LogP contribution in [0.25, 0.3) is 0 Å². The van der Waals surface area contributed by atoms with Gasteiger partial charge in [-0.1, -0.05) is 53.7 Å². The average molecular weight is 531 g/mol. The van der Waals surface area contributed by atoms with E-state index < -0.39 is 48.5 Å². The second-order valence-corrected chi connectivity index (χ2v) is 7.56. The predicted octanol–water partition coefficient (Wildman–Crippen LogP) is 3.69. The first kappa shape index (κ1) is 38.0. The number of carbonyl (C=O) groups excluding carboxylic acids is 2. The summed E-state index contributed by atoms with van der Waals surface area (Å²) < 4.78 is 0. The van der Waals surface area contributed by atoms with E-state index >= 15 is 0 Å². The molecule has 0 aliphatic heterocycles. The summed E-state index contributed by atoms with van der Waals surface area (Å²) in [5.41, 5.74) is 0.644. The molecule has 4 amide bonds. The van der Waals surface area contributed by atoms with Crippen molar-refractivity contribution in [3.05, 3.63) is 23.9 Å². The van der Waals surface area contributed by atoms with Crippen molar-refractivity contribution in [2.45, 2.75) is 92.7 Å². The number of rotatable bonds is 15. The zero-order chi connectivity index (χ0) is 29.4. The van der Waals surface area contributed by atoms with Crippen LogP contribution in [-0.2, 0) is 14.4 Å². The molecule has 0 saturated carbocycles. The van der Waals surface area contributed by atoms with E-state index in [0.29, 0.717) is 24.5 Å². The number of urea groups is 2. The SMILES string of the molecule is C/C=C(\C=C/C(C)C)NC(=O)NCCCCC(NC(=O)NC(CCC(=O)O)C(=O)O)C(=O)O.CC.CC. The maximum atomic E-state index is 11.9. The summed E-state index contributed by atoms with van der Waals surface area (Å²) in [6, 6.07) is -4.16. The van der Waals surface area contributed by atoms with Gasteiger partial charge in [0, 0.05) is 18.7 Å². The van der Waals surface area contributed by atoms with Crippen LogP contribution in [0, 0.1) is 5.92 Å². The van der Waals surface area contributed by atoms with Crippen molar-refractivity contribution >= 4 is 30.0 Å². The fourth-order valence-corrected chi connectivity index (χ4v) is 2.50. The molecule has 7 N–H and O–H groups in total. The highest BCUT2D eigenvalue weighted by atomic mass is 16.4. The van der Waals surface area contributed by atoms with Gasteiger partial charge >= 0.3 is 30.0 Å². The first-order valence-electron chi connectivity index (χ1n) is 12.6. The minimum absolute atomic E-state index is 0.0517. The number of carbonyl (C=O) groups is 5. The number of nitrogens with one attached hydrogen (secondary N) is 4. The van der Waals surface area contributed by atoms with Gasteiger partial charge in [-0.05, 0) is 44.6 Å². The third-order valence-electron chi connectivity index (χ3n) is 4.29. The van der Waals surface area contributed by atoms with Crippen molar-refractivity contribution in [3.63, 3.8) is 0 Å². The van der Waals surface area contributed by atoms with Crippen LogP contribution in [0.1, 0.15) is 80.6 Å². The van der Waals surface area contributed by atoms with Crippen LogP contribution in [0.5, 0.6) is 0 Å². The van der Waals surface area contributed by atoms with E-state index in [0.717, 1.165) is 0 Å². The number of unbranched alkanes of at least 4 members (excludes halogenated alkanes) is 1. The standard InChI is InChI=1S/C21H34N4O8.2C2H6/c1-4-14(9-8-13(2)3)23-20(32)22-12-6-5-7-15(18(28)29)24-21(33)25-16(19(30)31)10-11-17(26)27;2*1-2/h4,8-9,13,15-16H,5-7,10-12H2,1-3H3,(H,26,27)(H,28,29)(H,30,31)(H2,22,23,32)(H2,24,25,33);2*1-2H3/b9-8-,14-4+;;. The minimum atomic E-state index is -1.46. The molecule has 0 spiro atoms. The average Bonchev–Trinajstić information content (AvgIpc) is 2.85. The van der Waals surface area contributed by atoms with E-state index in [1.54, 1.807) is 19.1 Å². The van der Waals surface area contributed by atoms with Gasteiger partial charge in [0.05, 0.1) is 0 Å². The molecule has 0 heterocycles. The largest absolute Gasteiger partial charge is 0.481 e. The van der Waals surface area contributed by atoms with Crippen LogP contribution in [-0.4, -0.2) is 63.9 Å². The van der Waals surface area contributed by atoms with E-state index in [1.807, 2.05) is 47.6 Å². The Labute approximate surface area is 220 Å². The molecule has 2 unspecified atom stereocenters. The number of aliphatic carboxylic acids is 3. The van der Waals surface area contributed by atoms with Crippen LogP contribution < -0.4 is 21.3 Å². The third-order valence-corrected chi connectivity index (χ3v) is 4.29. The molecule has 214 valence electrons. The lowest BCUT2D eigenvalue weighted by molar-refractivity contribution is -0.140. The maximum Gasteiger partial charge on any atom is 0.326 e. The first-order chi connectivity index (χ1) is 17.5. The Morgan fingerprint density at radius 3 is 1.73 bits per heavy atom. The number of amides is 4. The second kappa shape index (κ2) is 24.1. The van der Waals surface area contributed by atoms with Gasteiger partial charge in [-0.2, -0.15) is 0 Å². The summed E-state index contributed by atoms with van der Waals surface area (Å²) in [4.78, 5) is 56.9. The van der Waals surface area contributed by atoms with Crippen LogP contribution in [0.15, 0.2) is 23.9 Å². The fraction of sp³-hybridized carbons (Fsp3) is 0.640. The second-order valence-electron chi connectivity index (χ2n) is 7.56. The molecule has 0 aliphatic rings. The van der Waals surface area contributed by atoms with Crippen molar-refractivity contribution in [1.82, 2.24) is 21.3 Å². The van der Waals surface area contributed by atoms with Gasteiger partial charge in [0.2, 0.25) is 0 Å². The van der Waals surface area contributed by atoms with Gasteiger partial charge in [-0.15, -0.1) is 0 Å². The molecule has 0 fully saturated rings. The molecule has 2 atom stereocenters. The number of hydrogen-bond donors (Lipinski definition) is 7. The smallest absolute Gasteiger partial charge is 0.326 e. The molecule has 12 nitrogen and oxygen atoms in total. The molecule has 0 aromatic carbocycles. The minimum Gasteiger partial charge on any atom is -0.481 e. The van der Waals surface area contributed by atoms with Crippen molar-refractivity contribution < 1.29 is 39.3 Å². The van der Waals surface area contributed by atoms with Gasteiger partial charge < -0.3 is 36.6 Å². The van der Waals surface area contributed by atoms with Crippen LogP contribution in [0.3, 0.4) is 0 Å². The Morgan fingerprint density at radius 2 is 1.30 bits per heavy atom. The number of hydrogen-bond acceptors (Lipinski definition) is 5. The quantitative estimate of drug-likeness (QED) is 0.123. The zero-order valence-electron chi connectivity index (χ0n) is 23.1. The zero-order valence-corrected chi connectivity index (χ0v) is 23.1. The molecular weight excluding hydrogens is 484 g/mol. The van der Waals surface area contributed by atoms with Gasteiger partial charge in [0.15, 0.2) is 0 Å². The van der Waals surface area contributed by atoms with E-state index in [1.165, 1.54) is 0 Å². The van der Waals surface area contributed by atoms with Gasteiger partial charge in [-0.25, -0.2) is 19.2 Å². The van der Waals surface area contributed by atoms with Gasteiger partial charge in [0.25, 0.3) is 0 Å². The topological polar surface area (TPSA) is 194 Å². The fourth-order valence-electron chi connectivity index (χ4n) is 2.50. The van der Waals surface area contributed by atoms with E-state index in [2.05, 4.69) is 21.3 Å². The first-order valence-corrected chi connectivity index (χ1v) is 12.6. The highest BCUT2D eigenvalue weighted by Gasteiger charge is 2.24. The van der Waals surface area contributed by atoms with Crippen LogP contribution >= 0.6 is 0 Å². The monoisotopic (exact) mass is 530 g/mol. The van der Waals surface area contributed by atoms with E-state index in [4.69, 9.17) is 10.2 Å². The molecule has 0 aromatic heterocycles. The Balaban J connectivity index is -0.00000274. The van der Waals surface area contributed by atoms with Crippen molar-refractivity contribution in [1.29, 1.82) is 0 Å². The Kier molecular flexibility index (Phi) is 24.8. The molecule has 0 bridgehead atoms. The molecule has 37 heavy (non-hydrogen) atoms. The van der Waals surface area contributed by atoms with E-state index in [9.17, 15) is 29.1 Å². The lowest BCUT2D eigenvalue weighted by Crippen LogP contribution is -2.51. The van der Waals surface area contributed by atoms with E-state index in [-0.39, 0.29) is 19.4 Å². The summed E-state index contributed by atoms with van der Waals surface area (Å²) in [6.07, 6.45) is 5.55. The Hall–Kier alpha value is -3.57. The normalized spacial score (nSPS) is 12.2. The molecule has 0 radical (unpaired) electrons. The molecule has 0 aliphatic carbocycles. The molecule has 0 saturated heterocycles. The predicted molar refractivity (Wildman–Crippen MR) is 142 cm³/mol. The number of carboxylic acid groups (broad SMARTS) is 3. The Morgan fingerprint density at radius 1 is 0.784 bits per heavy atom. The summed E-state index contributed by atoms with van der Waals surface area (Å²) in [7, 11) is 0. The molecule has 12 heteroatoms. The van der Waals surface area contributed by atoms with Gasteiger partial charge in [-0.3, -0.25) is 4.79 Å². The highest BCUT2D eigenvalue weighted by Crippen LogP contribution is 2.03. The number of carboxylic acids is 3. The van der Waals surface area contributed by atoms with Crippen LogP contribution in [0.2, 0.25) is 0 Å². The van der Waals surface area contributed by atoms with Gasteiger partial charge in [0.1, 0.15) is 12.1 Å². The van der Waals surface area contributed by atoms with Crippen LogP contribution in [0.4, 0.5) is 9.59 Å². The summed E-state index contributed by atoms with van der Waals surface area (Å²) in [5, 5.41) is 36.5. The molecule has 0 rings (SSSR count). The number of allylic oxidation sites excluding steroid dienone is 3. The maximum absolute atomic E-state index is 11.9. The lowest BCUT2D eigenvalue weighted by atomic mass is 10.1. The summed E-state index contributed by atoms with van der Waals surface area (Å²) in [6.45, 7) is 14.1. The van der Waals surface area contributed by atoms with Crippen molar-refractivity contribution in [3.8, 4) is 0 Å².